The summed E-state index contributed by atoms with van der Waals surface area (Å²) >= 11 is 9.45. The number of hydrogen-bond donors (Lipinski definition) is 0. The number of aryl methyl sites for hydroxylation is 1. The minimum Gasteiger partial charge on any atom is -0.492 e. The van der Waals surface area contributed by atoms with Crippen LogP contribution < -0.4 is 4.74 Å². The predicted molar refractivity (Wildman–Crippen MR) is 79.4 cm³/mol. The van der Waals surface area contributed by atoms with Crippen molar-refractivity contribution >= 4 is 27.5 Å². The molecule has 0 aliphatic carbocycles. The van der Waals surface area contributed by atoms with Gasteiger partial charge in [-0.25, -0.2) is 0 Å². The second-order valence-corrected chi connectivity index (χ2v) is 5.34. The molecule has 0 aromatic heterocycles. The van der Waals surface area contributed by atoms with E-state index >= 15 is 0 Å². The van der Waals surface area contributed by atoms with Crippen LogP contribution in [-0.4, -0.2) is 6.61 Å². The van der Waals surface area contributed by atoms with Gasteiger partial charge in [-0.3, -0.25) is 0 Å². The van der Waals surface area contributed by atoms with E-state index in [9.17, 15) is 0 Å². The third-order valence-electron chi connectivity index (χ3n) is 2.60. The summed E-state index contributed by atoms with van der Waals surface area (Å²) in [6, 6.07) is 16.0. The summed E-state index contributed by atoms with van der Waals surface area (Å²) in [5, 5.41) is 0.651. The highest BCUT2D eigenvalue weighted by Crippen LogP contribution is 2.27. The molecule has 0 atom stereocenters. The molecule has 2 aromatic rings. The van der Waals surface area contributed by atoms with Crippen molar-refractivity contribution in [2.45, 2.75) is 12.8 Å². The second kappa shape index (κ2) is 6.81. The maximum Gasteiger partial charge on any atom is 0.139 e. The maximum absolute atomic E-state index is 6.05. The van der Waals surface area contributed by atoms with Gasteiger partial charge in [0.05, 0.1) is 11.6 Å². The van der Waals surface area contributed by atoms with E-state index in [0.29, 0.717) is 11.6 Å². The van der Waals surface area contributed by atoms with Crippen LogP contribution in [0.4, 0.5) is 0 Å². The number of hydrogen-bond acceptors (Lipinski definition) is 1. The molecule has 0 saturated carbocycles. The van der Waals surface area contributed by atoms with Crippen molar-refractivity contribution < 1.29 is 4.74 Å². The van der Waals surface area contributed by atoms with Gasteiger partial charge in [0.1, 0.15) is 5.75 Å². The van der Waals surface area contributed by atoms with Gasteiger partial charge in [0.25, 0.3) is 0 Å². The molecule has 0 saturated heterocycles. The van der Waals surface area contributed by atoms with Gasteiger partial charge in [-0.15, -0.1) is 0 Å². The first-order valence-electron chi connectivity index (χ1n) is 5.87. The van der Waals surface area contributed by atoms with Crippen molar-refractivity contribution in [2.24, 2.45) is 0 Å². The van der Waals surface area contributed by atoms with Crippen LogP contribution in [0.5, 0.6) is 5.75 Å². The molecule has 0 N–H and O–H groups in total. The topological polar surface area (TPSA) is 9.23 Å². The van der Waals surface area contributed by atoms with Crippen LogP contribution in [0.3, 0.4) is 0 Å². The molecule has 1 nitrogen and oxygen atoms in total. The number of halogens is 2. The van der Waals surface area contributed by atoms with E-state index in [1.807, 2.05) is 24.3 Å². The van der Waals surface area contributed by atoms with Crippen LogP contribution >= 0.6 is 27.5 Å². The molecular weight excluding hydrogens is 312 g/mol. The second-order valence-electron chi connectivity index (χ2n) is 4.01. The molecule has 94 valence electrons. The van der Waals surface area contributed by atoms with Gasteiger partial charge >= 0.3 is 0 Å². The van der Waals surface area contributed by atoms with Gasteiger partial charge in [-0.2, -0.15) is 0 Å². The zero-order valence-corrected chi connectivity index (χ0v) is 12.2. The minimum atomic E-state index is 0.651. The van der Waals surface area contributed by atoms with Gasteiger partial charge in [0.15, 0.2) is 0 Å². The number of benzene rings is 2. The maximum atomic E-state index is 6.05. The minimum absolute atomic E-state index is 0.651. The lowest BCUT2D eigenvalue weighted by atomic mass is 10.1. The molecule has 0 unspecified atom stereocenters. The Kier molecular flexibility index (Phi) is 5.09. The van der Waals surface area contributed by atoms with E-state index in [2.05, 4.69) is 40.2 Å². The Morgan fingerprint density at radius 1 is 1.06 bits per heavy atom. The van der Waals surface area contributed by atoms with E-state index in [1.165, 1.54) is 5.56 Å². The van der Waals surface area contributed by atoms with Crippen LogP contribution in [0, 0.1) is 0 Å². The Morgan fingerprint density at radius 3 is 2.61 bits per heavy atom. The Hall–Kier alpha value is -0.990. The Morgan fingerprint density at radius 2 is 1.83 bits per heavy atom. The summed E-state index contributed by atoms with van der Waals surface area (Å²) in [5.41, 5.74) is 1.33. The van der Waals surface area contributed by atoms with Crippen molar-refractivity contribution in [3.05, 3.63) is 63.6 Å². The Balaban J connectivity index is 1.80. The fourth-order valence-corrected chi connectivity index (χ4v) is 2.20. The van der Waals surface area contributed by atoms with E-state index in [-0.39, 0.29) is 0 Å². The number of ether oxygens (including phenoxy) is 1. The monoisotopic (exact) mass is 324 g/mol. The first kappa shape index (κ1) is 13.4. The summed E-state index contributed by atoms with van der Waals surface area (Å²) in [4.78, 5) is 0. The van der Waals surface area contributed by atoms with E-state index in [4.69, 9.17) is 16.3 Å². The summed E-state index contributed by atoms with van der Waals surface area (Å²) in [6.07, 6.45) is 2.00. The third-order valence-corrected chi connectivity index (χ3v) is 3.41. The average molecular weight is 326 g/mol. The van der Waals surface area contributed by atoms with Gasteiger partial charge in [0, 0.05) is 4.47 Å². The van der Waals surface area contributed by atoms with Crippen molar-refractivity contribution in [3.8, 4) is 5.75 Å². The van der Waals surface area contributed by atoms with Crippen LogP contribution in [0.1, 0.15) is 12.0 Å². The van der Waals surface area contributed by atoms with Gasteiger partial charge in [-0.05, 0) is 36.6 Å². The lowest BCUT2D eigenvalue weighted by Gasteiger charge is -2.08. The Bertz CT molecular complexity index is 499. The predicted octanol–water partition coefficient (Wildman–Crippen LogP) is 5.11. The fourth-order valence-electron chi connectivity index (χ4n) is 1.69. The molecule has 2 aromatic carbocycles. The van der Waals surface area contributed by atoms with Crippen molar-refractivity contribution in [1.82, 2.24) is 0 Å². The zero-order valence-electron chi connectivity index (χ0n) is 9.90. The summed E-state index contributed by atoms with van der Waals surface area (Å²) in [5.74, 6) is 0.735. The SMILES string of the molecule is Clc1ccc(Br)cc1OCCCc1ccccc1. The molecule has 0 bridgehead atoms. The molecular formula is C15H14BrClO. The summed E-state index contributed by atoms with van der Waals surface area (Å²) in [6.45, 7) is 0.672. The lowest BCUT2D eigenvalue weighted by Crippen LogP contribution is -1.99. The standard InChI is InChI=1S/C15H14BrClO/c16-13-8-9-14(17)15(11-13)18-10-4-7-12-5-2-1-3-6-12/h1-3,5-6,8-9,11H,4,7,10H2. The quantitative estimate of drug-likeness (QED) is 0.694. The average Bonchev–Trinajstić information content (AvgIpc) is 2.40. The van der Waals surface area contributed by atoms with E-state index in [1.54, 1.807) is 0 Å². The first-order chi connectivity index (χ1) is 8.75. The summed E-state index contributed by atoms with van der Waals surface area (Å²) < 4.78 is 6.65. The van der Waals surface area contributed by atoms with Gasteiger partial charge in [-0.1, -0.05) is 57.9 Å². The molecule has 0 fully saturated rings. The molecule has 0 spiro atoms. The van der Waals surface area contributed by atoms with E-state index in [0.717, 1.165) is 23.1 Å². The van der Waals surface area contributed by atoms with Crippen LogP contribution in [0.15, 0.2) is 53.0 Å². The van der Waals surface area contributed by atoms with Crippen molar-refractivity contribution in [1.29, 1.82) is 0 Å². The lowest BCUT2D eigenvalue weighted by molar-refractivity contribution is 0.311. The fraction of sp³-hybridized carbons (Fsp3) is 0.200. The smallest absolute Gasteiger partial charge is 0.139 e. The number of rotatable bonds is 5. The molecule has 0 aliphatic rings. The molecule has 0 heterocycles. The molecule has 0 amide bonds. The van der Waals surface area contributed by atoms with E-state index < -0.39 is 0 Å². The van der Waals surface area contributed by atoms with Crippen molar-refractivity contribution in [2.75, 3.05) is 6.61 Å². The molecule has 0 aliphatic heterocycles. The summed E-state index contributed by atoms with van der Waals surface area (Å²) in [7, 11) is 0. The largest absolute Gasteiger partial charge is 0.492 e. The zero-order chi connectivity index (χ0) is 12.8. The molecule has 3 heteroatoms. The van der Waals surface area contributed by atoms with Crippen molar-refractivity contribution in [3.63, 3.8) is 0 Å². The molecule has 2 rings (SSSR count). The highest BCUT2D eigenvalue weighted by atomic mass is 79.9. The Labute approximate surface area is 121 Å². The molecule has 0 radical (unpaired) electrons. The van der Waals surface area contributed by atoms with Gasteiger partial charge in [0.2, 0.25) is 0 Å². The third kappa shape index (κ3) is 4.04. The highest BCUT2D eigenvalue weighted by molar-refractivity contribution is 9.10. The van der Waals surface area contributed by atoms with Gasteiger partial charge < -0.3 is 4.74 Å². The first-order valence-corrected chi connectivity index (χ1v) is 7.04. The normalized spacial score (nSPS) is 10.3. The molecule has 18 heavy (non-hydrogen) atoms. The highest BCUT2D eigenvalue weighted by Gasteiger charge is 2.02. The van der Waals surface area contributed by atoms with Crippen LogP contribution in [0.25, 0.3) is 0 Å². The van der Waals surface area contributed by atoms with Crippen LogP contribution in [-0.2, 0) is 6.42 Å². The van der Waals surface area contributed by atoms with Crippen LogP contribution in [0.2, 0.25) is 5.02 Å².